The van der Waals surface area contributed by atoms with Gasteiger partial charge in [0.2, 0.25) is 5.78 Å². The Morgan fingerprint density at radius 2 is 1.67 bits per heavy atom. The van der Waals surface area contributed by atoms with Gasteiger partial charge in [-0.3, -0.25) is 9.59 Å². The SMILES string of the molecule is CC(C)[C@@H](CC(=O)O)CC(=O)C(F)(F)F. The summed E-state index contributed by atoms with van der Waals surface area (Å²) in [5.74, 6) is -4.09. The van der Waals surface area contributed by atoms with Crippen molar-refractivity contribution in [2.75, 3.05) is 0 Å². The number of carbonyl (C=O) groups is 2. The number of alkyl halides is 3. The van der Waals surface area contributed by atoms with E-state index in [9.17, 15) is 22.8 Å². The number of hydrogen-bond acceptors (Lipinski definition) is 2. The van der Waals surface area contributed by atoms with Gasteiger partial charge in [-0.15, -0.1) is 0 Å². The van der Waals surface area contributed by atoms with Crippen molar-refractivity contribution in [2.24, 2.45) is 11.8 Å². The lowest BCUT2D eigenvalue weighted by atomic mass is 9.88. The molecule has 0 aromatic carbocycles. The second kappa shape index (κ2) is 5.14. The summed E-state index contributed by atoms with van der Waals surface area (Å²) < 4.78 is 35.7. The third kappa shape index (κ3) is 5.39. The molecule has 1 atom stereocenters. The van der Waals surface area contributed by atoms with Crippen LogP contribution in [0.15, 0.2) is 0 Å². The second-order valence-corrected chi connectivity index (χ2v) is 3.73. The van der Waals surface area contributed by atoms with Gasteiger partial charge in [-0.05, 0) is 11.8 Å². The molecular formula is C9H13F3O3. The number of ketones is 1. The second-order valence-electron chi connectivity index (χ2n) is 3.73. The van der Waals surface area contributed by atoms with Gasteiger partial charge in [0, 0.05) is 12.8 Å². The Balaban J connectivity index is 4.42. The van der Waals surface area contributed by atoms with Gasteiger partial charge in [0.15, 0.2) is 0 Å². The molecule has 0 saturated heterocycles. The molecule has 0 bridgehead atoms. The molecule has 1 N–H and O–H groups in total. The van der Waals surface area contributed by atoms with Crippen molar-refractivity contribution < 1.29 is 27.9 Å². The number of Topliss-reactive ketones (excluding diaryl/α,β-unsaturated/α-hetero) is 1. The highest BCUT2D eigenvalue weighted by molar-refractivity contribution is 5.84. The van der Waals surface area contributed by atoms with Crippen LogP contribution >= 0.6 is 0 Å². The van der Waals surface area contributed by atoms with E-state index in [4.69, 9.17) is 5.11 Å². The molecule has 0 fully saturated rings. The molecule has 6 heteroatoms. The van der Waals surface area contributed by atoms with Gasteiger partial charge in [-0.25, -0.2) is 0 Å². The number of aliphatic carboxylic acids is 1. The highest BCUT2D eigenvalue weighted by Gasteiger charge is 2.39. The van der Waals surface area contributed by atoms with Crippen molar-refractivity contribution in [3.05, 3.63) is 0 Å². The third-order valence-corrected chi connectivity index (χ3v) is 2.14. The van der Waals surface area contributed by atoms with Gasteiger partial charge in [-0.1, -0.05) is 13.8 Å². The van der Waals surface area contributed by atoms with Crippen molar-refractivity contribution in [3.8, 4) is 0 Å². The minimum atomic E-state index is -4.87. The Morgan fingerprint density at radius 3 is 1.93 bits per heavy atom. The smallest absolute Gasteiger partial charge is 0.449 e. The van der Waals surface area contributed by atoms with Gasteiger partial charge >= 0.3 is 12.1 Å². The zero-order valence-electron chi connectivity index (χ0n) is 8.47. The molecule has 0 aromatic rings. The van der Waals surface area contributed by atoms with E-state index >= 15 is 0 Å². The van der Waals surface area contributed by atoms with E-state index in [1.54, 1.807) is 13.8 Å². The molecule has 15 heavy (non-hydrogen) atoms. The lowest BCUT2D eigenvalue weighted by Crippen LogP contribution is -2.27. The van der Waals surface area contributed by atoms with E-state index in [1.165, 1.54) is 0 Å². The largest absolute Gasteiger partial charge is 0.481 e. The van der Waals surface area contributed by atoms with E-state index in [0.29, 0.717) is 0 Å². The van der Waals surface area contributed by atoms with E-state index in [2.05, 4.69) is 0 Å². The van der Waals surface area contributed by atoms with Crippen LogP contribution in [0.5, 0.6) is 0 Å². The van der Waals surface area contributed by atoms with Crippen LogP contribution in [-0.4, -0.2) is 23.0 Å². The molecule has 0 heterocycles. The molecule has 88 valence electrons. The molecule has 0 radical (unpaired) electrons. The van der Waals surface area contributed by atoms with Crippen LogP contribution < -0.4 is 0 Å². The van der Waals surface area contributed by atoms with E-state index < -0.39 is 36.7 Å². The predicted molar refractivity (Wildman–Crippen MR) is 46.3 cm³/mol. The van der Waals surface area contributed by atoms with Crippen molar-refractivity contribution in [2.45, 2.75) is 32.9 Å². The maximum Gasteiger partial charge on any atom is 0.449 e. The molecule has 0 unspecified atom stereocenters. The fraction of sp³-hybridized carbons (Fsp3) is 0.778. The Kier molecular flexibility index (Phi) is 4.77. The third-order valence-electron chi connectivity index (χ3n) is 2.14. The highest BCUT2D eigenvalue weighted by Crippen LogP contribution is 2.26. The lowest BCUT2D eigenvalue weighted by Gasteiger charge is -2.18. The summed E-state index contributed by atoms with van der Waals surface area (Å²) in [6.45, 7) is 3.19. The van der Waals surface area contributed by atoms with Crippen molar-refractivity contribution in [3.63, 3.8) is 0 Å². The van der Waals surface area contributed by atoms with E-state index in [0.717, 1.165) is 0 Å². The average molecular weight is 226 g/mol. The van der Waals surface area contributed by atoms with Crippen molar-refractivity contribution >= 4 is 11.8 Å². The summed E-state index contributed by atoms with van der Waals surface area (Å²) in [6.07, 6.45) is -6.04. The van der Waals surface area contributed by atoms with Crippen LogP contribution in [0, 0.1) is 11.8 Å². The predicted octanol–water partition coefficient (Wildman–Crippen LogP) is 2.25. The molecule has 0 saturated carbocycles. The molecular weight excluding hydrogens is 213 g/mol. The Labute approximate surface area is 85.3 Å². The molecule has 0 aliphatic carbocycles. The summed E-state index contributed by atoms with van der Waals surface area (Å²) in [5.41, 5.74) is 0. The molecule has 0 aliphatic rings. The van der Waals surface area contributed by atoms with Gasteiger partial charge in [0.1, 0.15) is 0 Å². The summed E-state index contributed by atoms with van der Waals surface area (Å²) in [4.78, 5) is 21.0. The molecule has 0 amide bonds. The standard InChI is InChI=1S/C9H13F3O3/c1-5(2)6(4-8(14)15)3-7(13)9(10,11)12/h5-6H,3-4H2,1-2H3,(H,14,15)/t6-/m1/s1. The molecule has 0 aromatic heterocycles. The molecule has 3 nitrogen and oxygen atoms in total. The molecule has 0 spiro atoms. The summed E-state index contributed by atoms with van der Waals surface area (Å²) in [7, 11) is 0. The summed E-state index contributed by atoms with van der Waals surface area (Å²) in [6, 6.07) is 0. The van der Waals surface area contributed by atoms with Crippen LogP contribution in [0.3, 0.4) is 0 Å². The number of hydrogen-bond donors (Lipinski definition) is 1. The van der Waals surface area contributed by atoms with Crippen molar-refractivity contribution in [1.29, 1.82) is 0 Å². The number of carboxylic acids is 1. The van der Waals surface area contributed by atoms with E-state index in [-0.39, 0.29) is 5.92 Å². The summed E-state index contributed by atoms with van der Waals surface area (Å²) >= 11 is 0. The van der Waals surface area contributed by atoms with Crippen LogP contribution in [0.2, 0.25) is 0 Å². The van der Waals surface area contributed by atoms with Gasteiger partial charge in [-0.2, -0.15) is 13.2 Å². The Morgan fingerprint density at radius 1 is 1.20 bits per heavy atom. The topological polar surface area (TPSA) is 54.4 Å². The van der Waals surface area contributed by atoms with Crippen molar-refractivity contribution in [1.82, 2.24) is 0 Å². The molecule has 0 aliphatic heterocycles. The zero-order chi connectivity index (χ0) is 12.2. The fourth-order valence-corrected chi connectivity index (χ4v) is 1.12. The van der Waals surface area contributed by atoms with Crippen LogP contribution in [0.4, 0.5) is 13.2 Å². The zero-order valence-corrected chi connectivity index (χ0v) is 8.47. The van der Waals surface area contributed by atoms with Gasteiger partial charge in [0.05, 0.1) is 0 Å². The lowest BCUT2D eigenvalue weighted by molar-refractivity contribution is -0.172. The first-order valence-corrected chi connectivity index (χ1v) is 4.46. The first-order valence-electron chi connectivity index (χ1n) is 4.46. The Hall–Kier alpha value is -1.07. The van der Waals surface area contributed by atoms with Crippen LogP contribution in [0.25, 0.3) is 0 Å². The first-order chi connectivity index (χ1) is 6.64. The normalized spacial score (nSPS) is 14.0. The number of carboxylic acid groups (broad SMARTS) is 1. The minimum absolute atomic E-state index is 0.271. The highest BCUT2D eigenvalue weighted by atomic mass is 19.4. The first kappa shape index (κ1) is 13.9. The number of halogens is 3. The van der Waals surface area contributed by atoms with Gasteiger partial charge < -0.3 is 5.11 Å². The Bertz CT molecular complexity index is 245. The maximum absolute atomic E-state index is 11.9. The monoisotopic (exact) mass is 226 g/mol. The average Bonchev–Trinajstić information content (AvgIpc) is 1.99. The quantitative estimate of drug-likeness (QED) is 0.782. The van der Waals surface area contributed by atoms with Crippen LogP contribution in [-0.2, 0) is 9.59 Å². The number of carbonyl (C=O) groups excluding carboxylic acids is 1. The minimum Gasteiger partial charge on any atom is -0.481 e. The fourth-order valence-electron chi connectivity index (χ4n) is 1.12. The van der Waals surface area contributed by atoms with Crippen LogP contribution in [0.1, 0.15) is 26.7 Å². The van der Waals surface area contributed by atoms with E-state index in [1.807, 2.05) is 0 Å². The number of rotatable bonds is 5. The summed E-state index contributed by atoms with van der Waals surface area (Å²) in [5, 5.41) is 8.46. The maximum atomic E-state index is 11.9. The molecule has 0 rings (SSSR count). The van der Waals surface area contributed by atoms with Gasteiger partial charge in [0.25, 0.3) is 0 Å².